The van der Waals surface area contributed by atoms with Crippen LogP contribution in [0.25, 0.3) is 0 Å². The fourth-order valence-corrected chi connectivity index (χ4v) is 3.21. The summed E-state index contributed by atoms with van der Waals surface area (Å²) in [5, 5.41) is 11.8. The van der Waals surface area contributed by atoms with Crippen LogP contribution in [0.1, 0.15) is 33.1 Å². The van der Waals surface area contributed by atoms with Gasteiger partial charge in [-0.1, -0.05) is 18.5 Å². The number of nitrogens with two attached hydrogens (primary N) is 1. The average Bonchev–Trinajstić information content (AvgIpc) is 2.38. The lowest BCUT2D eigenvalue weighted by molar-refractivity contribution is 0.0123. The molecular weight excluding hydrogens is 228 g/mol. The summed E-state index contributed by atoms with van der Waals surface area (Å²) in [6.45, 7) is 8.75. The van der Waals surface area contributed by atoms with Gasteiger partial charge in [0.15, 0.2) is 0 Å². The number of piperazine rings is 1. The summed E-state index contributed by atoms with van der Waals surface area (Å²) in [7, 11) is 0. The molecule has 0 spiro atoms. The second-order valence-corrected chi connectivity index (χ2v) is 5.87. The Hall–Kier alpha value is -0.810. The lowest BCUT2D eigenvalue weighted by atomic mass is 9.96. The minimum atomic E-state index is 0.118. The number of nitrogens with zero attached hydrogens (tertiary/aromatic N) is 3. The zero-order valence-electron chi connectivity index (χ0n) is 11.5. The first-order valence-corrected chi connectivity index (χ1v) is 7.07. The zero-order chi connectivity index (χ0) is 13.1. The fourth-order valence-electron chi connectivity index (χ4n) is 3.21. The van der Waals surface area contributed by atoms with Crippen molar-refractivity contribution in [1.82, 2.24) is 9.80 Å². The van der Waals surface area contributed by atoms with Gasteiger partial charge in [-0.25, -0.2) is 0 Å². The molecule has 2 saturated heterocycles. The summed E-state index contributed by atoms with van der Waals surface area (Å²) < 4.78 is 0. The topological polar surface area (TPSA) is 65.1 Å². The molecule has 2 aliphatic heterocycles. The molecule has 104 valence electrons. The van der Waals surface area contributed by atoms with Crippen LogP contribution in [0, 0.1) is 5.92 Å². The Morgan fingerprint density at radius 1 is 1.44 bits per heavy atom. The van der Waals surface area contributed by atoms with Gasteiger partial charge >= 0.3 is 0 Å². The number of piperidine rings is 1. The Bertz CT molecular complexity index is 307. The van der Waals surface area contributed by atoms with Gasteiger partial charge in [0.1, 0.15) is 5.84 Å². The molecule has 0 aromatic heterocycles. The Labute approximate surface area is 110 Å². The van der Waals surface area contributed by atoms with E-state index in [-0.39, 0.29) is 5.92 Å². The lowest BCUT2D eigenvalue weighted by Crippen LogP contribution is -2.59. The second kappa shape index (κ2) is 5.89. The van der Waals surface area contributed by atoms with Crippen LogP contribution in [0.2, 0.25) is 0 Å². The summed E-state index contributed by atoms with van der Waals surface area (Å²) in [6.07, 6.45) is 4.03. The van der Waals surface area contributed by atoms with Gasteiger partial charge in [-0.3, -0.25) is 9.80 Å². The molecular formula is C13H26N4O. The van der Waals surface area contributed by atoms with Crippen LogP contribution in [0.15, 0.2) is 5.16 Å². The Morgan fingerprint density at radius 2 is 2.22 bits per heavy atom. The Balaban J connectivity index is 1.92. The molecule has 2 fully saturated rings. The molecule has 3 unspecified atom stereocenters. The smallest absolute Gasteiger partial charge is 0.143 e. The standard InChI is InChI=1S/C13H26N4O/c1-10(13(14)15-18)7-17-9-12-5-3-4-6-16(12)8-11(17)2/h10-12,18H,3-9H2,1-2H3,(H2,14,15). The van der Waals surface area contributed by atoms with Crippen molar-refractivity contribution in [2.75, 3.05) is 26.2 Å². The highest BCUT2D eigenvalue weighted by molar-refractivity contribution is 5.82. The van der Waals surface area contributed by atoms with Gasteiger partial charge in [0.05, 0.1) is 0 Å². The lowest BCUT2D eigenvalue weighted by Gasteiger charge is -2.48. The van der Waals surface area contributed by atoms with E-state index in [4.69, 9.17) is 10.9 Å². The van der Waals surface area contributed by atoms with E-state index in [1.165, 1.54) is 25.8 Å². The number of fused-ring (bicyclic) bond motifs is 1. The normalized spacial score (nSPS) is 33.1. The molecule has 0 aliphatic carbocycles. The van der Waals surface area contributed by atoms with Crippen LogP contribution in [-0.4, -0.2) is 59.1 Å². The minimum Gasteiger partial charge on any atom is -0.409 e. The van der Waals surface area contributed by atoms with E-state index in [2.05, 4.69) is 21.9 Å². The number of amidine groups is 1. The maximum atomic E-state index is 8.72. The van der Waals surface area contributed by atoms with Gasteiger partial charge in [0.25, 0.3) is 0 Å². The molecule has 5 heteroatoms. The predicted molar refractivity (Wildman–Crippen MR) is 72.8 cm³/mol. The van der Waals surface area contributed by atoms with Crippen molar-refractivity contribution in [1.29, 1.82) is 0 Å². The van der Waals surface area contributed by atoms with Gasteiger partial charge in [0, 0.05) is 37.6 Å². The summed E-state index contributed by atoms with van der Waals surface area (Å²) >= 11 is 0. The maximum Gasteiger partial charge on any atom is 0.143 e. The fraction of sp³-hybridized carbons (Fsp3) is 0.923. The molecule has 0 aromatic carbocycles. The number of rotatable bonds is 3. The second-order valence-electron chi connectivity index (χ2n) is 5.87. The summed E-state index contributed by atoms with van der Waals surface area (Å²) in [5.74, 6) is 0.459. The van der Waals surface area contributed by atoms with Crippen molar-refractivity contribution in [2.45, 2.75) is 45.2 Å². The highest BCUT2D eigenvalue weighted by Crippen LogP contribution is 2.24. The predicted octanol–water partition coefficient (Wildman–Crippen LogP) is 0.928. The van der Waals surface area contributed by atoms with Crippen LogP contribution in [0.5, 0.6) is 0 Å². The molecule has 0 saturated carbocycles. The van der Waals surface area contributed by atoms with Crippen molar-refractivity contribution in [3.8, 4) is 0 Å². The van der Waals surface area contributed by atoms with E-state index in [0.29, 0.717) is 11.9 Å². The quantitative estimate of drug-likeness (QED) is 0.340. The SMILES string of the molecule is CC(CN1CC2CCCCN2CC1C)C(N)=NO. The van der Waals surface area contributed by atoms with E-state index in [9.17, 15) is 0 Å². The van der Waals surface area contributed by atoms with Crippen molar-refractivity contribution < 1.29 is 5.21 Å². The third kappa shape index (κ3) is 2.95. The first kappa shape index (κ1) is 13.6. The first-order valence-electron chi connectivity index (χ1n) is 7.07. The number of oxime groups is 1. The molecule has 0 amide bonds. The molecule has 2 heterocycles. The molecule has 0 bridgehead atoms. The van der Waals surface area contributed by atoms with Crippen LogP contribution >= 0.6 is 0 Å². The Morgan fingerprint density at radius 3 is 2.94 bits per heavy atom. The van der Waals surface area contributed by atoms with Crippen LogP contribution < -0.4 is 5.73 Å². The third-order valence-corrected chi connectivity index (χ3v) is 4.45. The molecule has 2 aliphatic rings. The zero-order valence-corrected chi connectivity index (χ0v) is 11.5. The molecule has 2 rings (SSSR count). The van der Waals surface area contributed by atoms with Gasteiger partial charge < -0.3 is 10.9 Å². The van der Waals surface area contributed by atoms with E-state index in [0.717, 1.165) is 25.7 Å². The van der Waals surface area contributed by atoms with E-state index >= 15 is 0 Å². The average molecular weight is 254 g/mol. The highest BCUT2D eigenvalue weighted by atomic mass is 16.4. The molecule has 3 atom stereocenters. The van der Waals surface area contributed by atoms with Crippen LogP contribution in [0.3, 0.4) is 0 Å². The van der Waals surface area contributed by atoms with Gasteiger partial charge in [0.2, 0.25) is 0 Å². The highest BCUT2D eigenvalue weighted by Gasteiger charge is 2.33. The van der Waals surface area contributed by atoms with Crippen molar-refractivity contribution >= 4 is 5.84 Å². The first-order chi connectivity index (χ1) is 8.61. The molecule has 0 radical (unpaired) electrons. The van der Waals surface area contributed by atoms with E-state index in [1.807, 2.05) is 6.92 Å². The number of hydrogen-bond acceptors (Lipinski definition) is 4. The maximum absolute atomic E-state index is 8.72. The van der Waals surface area contributed by atoms with Crippen molar-refractivity contribution in [3.05, 3.63) is 0 Å². The monoisotopic (exact) mass is 254 g/mol. The summed E-state index contributed by atoms with van der Waals surface area (Å²) in [4.78, 5) is 5.13. The molecule has 0 aromatic rings. The van der Waals surface area contributed by atoms with Crippen LogP contribution in [-0.2, 0) is 0 Å². The van der Waals surface area contributed by atoms with Crippen molar-refractivity contribution in [3.63, 3.8) is 0 Å². The molecule has 5 nitrogen and oxygen atoms in total. The molecule has 18 heavy (non-hydrogen) atoms. The minimum absolute atomic E-state index is 0.118. The Kier molecular flexibility index (Phi) is 4.45. The number of hydrogen-bond donors (Lipinski definition) is 2. The molecule has 3 N–H and O–H groups in total. The van der Waals surface area contributed by atoms with E-state index < -0.39 is 0 Å². The third-order valence-electron chi connectivity index (χ3n) is 4.45. The largest absolute Gasteiger partial charge is 0.409 e. The van der Waals surface area contributed by atoms with Crippen LogP contribution in [0.4, 0.5) is 0 Å². The van der Waals surface area contributed by atoms with Crippen molar-refractivity contribution in [2.24, 2.45) is 16.8 Å². The van der Waals surface area contributed by atoms with Gasteiger partial charge in [-0.15, -0.1) is 0 Å². The summed E-state index contributed by atoms with van der Waals surface area (Å²) in [5.41, 5.74) is 5.67. The summed E-state index contributed by atoms with van der Waals surface area (Å²) in [6, 6.07) is 1.28. The van der Waals surface area contributed by atoms with Gasteiger partial charge in [-0.2, -0.15) is 0 Å². The van der Waals surface area contributed by atoms with E-state index in [1.54, 1.807) is 0 Å². The van der Waals surface area contributed by atoms with Gasteiger partial charge in [-0.05, 0) is 26.3 Å².